The van der Waals surface area contributed by atoms with Crippen LogP contribution in [0.25, 0.3) is 0 Å². The Morgan fingerprint density at radius 1 is 1.69 bits per heavy atom. The van der Waals surface area contributed by atoms with Gasteiger partial charge >= 0.3 is 5.97 Å². The van der Waals surface area contributed by atoms with E-state index in [1.807, 2.05) is 6.07 Å². The van der Waals surface area contributed by atoms with Crippen LogP contribution in [-0.4, -0.2) is 18.4 Å². The lowest BCUT2D eigenvalue weighted by Gasteiger charge is -1.92. The summed E-state index contributed by atoms with van der Waals surface area (Å²) in [5.74, 6) is -0.265. The summed E-state index contributed by atoms with van der Waals surface area (Å²) in [5.41, 5.74) is 0. The highest BCUT2D eigenvalue weighted by atomic mass is 32.1. The van der Waals surface area contributed by atoms with Gasteiger partial charge in [0.1, 0.15) is 4.88 Å². The van der Waals surface area contributed by atoms with Gasteiger partial charge in [0, 0.05) is 4.88 Å². The van der Waals surface area contributed by atoms with Crippen molar-refractivity contribution < 1.29 is 9.53 Å². The number of hydrogen-bond donors (Lipinski definition) is 0. The van der Waals surface area contributed by atoms with Gasteiger partial charge < -0.3 is 4.74 Å². The molecule has 0 spiro atoms. The van der Waals surface area contributed by atoms with Crippen LogP contribution in [0, 0.1) is 0 Å². The van der Waals surface area contributed by atoms with E-state index in [9.17, 15) is 4.79 Å². The maximum Gasteiger partial charge on any atom is 0.348 e. The van der Waals surface area contributed by atoms with Crippen LogP contribution in [0.5, 0.6) is 0 Å². The van der Waals surface area contributed by atoms with E-state index in [0.29, 0.717) is 4.88 Å². The summed E-state index contributed by atoms with van der Waals surface area (Å²) in [7, 11) is 1.39. The fourth-order valence-electron chi connectivity index (χ4n) is 0.924. The van der Waals surface area contributed by atoms with Crippen molar-refractivity contribution >= 4 is 34.9 Å². The summed E-state index contributed by atoms with van der Waals surface area (Å²) in [6.45, 7) is 0. The van der Waals surface area contributed by atoms with E-state index in [4.69, 9.17) is 12.2 Å². The minimum atomic E-state index is -0.265. The molecule has 0 N–H and O–H groups in total. The number of thiocarbonyl (C=S) groups is 1. The Hall–Kier alpha value is -0.740. The van der Waals surface area contributed by atoms with Crippen LogP contribution in [0.1, 0.15) is 21.0 Å². The number of ether oxygens (including phenoxy) is 1. The number of carbonyl (C=O) groups is 1. The Bertz CT molecular complexity index is 304. The molecule has 0 fully saturated rings. The second-order valence-electron chi connectivity index (χ2n) is 2.46. The summed E-state index contributed by atoms with van der Waals surface area (Å²) < 4.78 is 4.60. The van der Waals surface area contributed by atoms with Gasteiger partial charge in [-0.2, -0.15) is 0 Å². The van der Waals surface area contributed by atoms with Crippen LogP contribution < -0.4 is 0 Å². The van der Waals surface area contributed by atoms with E-state index < -0.39 is 0 Å². The SMILES string of the molecule is COC(=O)c1ccc(CCC=S)s1. The first-order chi connectivity index (χ1) is 6.27. The summed E-state index contributed by atoms with van der Waals surface area (Å²) in [4.78, 5) is 12.9. The number of thiophene rings is 1. The molecule has 0 bridgehead atoms. The number of esters is 1. The van der Waals surface area contributed by atoms with E-state index in [-0.39, 0.29) is 5.97 Å². The first kappa shape index (κ1) is 10.3. The number of aryl methyl sites for hydroxylation is 1. The molecule has 1 heterocycles. The van der Waals surface area contributed by atoms with Crippen molar-refractivity contribution in [3.8, 4) is 0 Å². The van der Waals surface area contributed by atoms with Crippen molar-refractivity contribution in [2.75, 3.05) is 7.11 Å². The molecule has 1 rings (SSSR count). The summed E-state index contributed by atoms with van der Waals surface area (Å²) >= 11 is 6.19. The van der Waals surface area contributed by atoms with Gasteiger partial charge in [-0.15, -0.1) is 11.3 Å². The molecule has 4 heteroatoms. The molecular weight excluding hydrogens is 204 g/mol. The largest absolute Gasteiger partial charge is 0.465 e. The molecule has 0 radical (unpaired) electrons. The second kappa shape index (κ2) is 5.09. The van der Waals surface area contributed by atoms with Gasteiger partial charge in [0.15, 0.2) is 0 Å². The molecule has 0 aliphatic heterocycles. The molecule has 0 aliphatic rings. The van der Waals surface area contributed by atoms with Crippen molar-refractivity contribution in [3.05, 3.63) is 21.9 Å². The van der Waals surface area contributed by atoms with Crippen LogP contribution in [0.3, 0.4) is 0 Å². The van der Waals surface area contributed by atoms with E-state index in [0.717, 1.165) is 12.8 Å². The molecule has 0 aromatic carbocycles. The lowest BCUT2D eigenvalue weighted by molar-refractivity contribution is 0.0606. The van der Waals surface area contributed by atoms with Gasteiger partial charge in [0.25, 0.3) is 0 Å². The topological polar surface area (TPSA) is 26.3 Å². The Balaban J connectivity index is 2.63. The van der Waals surface area contributed by atoms with E-state index in [2.05, 4.69) is 4.74 Å². The van der Waals surface area contributed by atoms with E-state index in [1.54, 1.807) is 11.4 Å². The zero-order chi connectivity index (χ0) is 9.68. The molecule has 2 nitrogen and oxygen atoms in total. The Morgan fingerprint density at radius 3 is 3.08 bits per heavy atom. The number of methoxy groups -OCH3 is 1. The zero-order valence-electron chi connectivity index (χ0n) is 7.28. The monoisotopic (exact) mass is 214 g/mol. The first-order valence-electron chi connectivity index (χ1n) is 3.88. The average Bonchev–Trinajstić information content (AvgIpc) is 2.62. The summed E-state index contributed by atoms with van der Waals surface area (Å²) in [6, 6.07) is 3.73. The van der Waals surface area contributed by atoms with Crippen LogP contribution in [-0.2, 0) is 11.2 Å². The van der Waals surface area contributed by atoms with E-state index in [1.165, 1.54) is 23.3 Å². The normalized spacial score (nSPS) is 9.62. The number of hydrogen-bond acceptors (Lipinski definition) is 4. The Kier molecular flexibility index (Phi) is 4.05. The van der Waals surface area contributed by atoms with Gasteiger partial charge in [0.05, 0.1) is 7.11 Å². The molecule has 0 saturated heterocycles. The molecule has 13 heavy (non-hydrogen) atoms. The van der Waals surface area contributed by atoms with Crippen molar-refractivity contribution in [2.45, 2.75) is 12.8 Å². The van der Waals surface area contributed by atoms with Gasteiger partial charge in [-0.1, -0.05) is 12.2 Å². The predicted molar refractivity (Wildman–Crippen MR) is 57.6 cm³/mol. The van der Waals surface area contributed by atoms with Crippen molar-refractivity contribution in [1.29, 1.82) is 0 Å². The summed E-state index contributed by atoms with van der Waals surface area (Å²) in [6.07, 6.45) is 1.78. The van der Waals surface area contributed by atoms with Crippen molar-refractivity contribution in [2.24, 2.45) is 0 Å². The molecule has 1 aromatic heterocycles. The molecule has 70 valence electrons. The average molecular weight is 214 g/mol. The van der Waals surface area contributed by atoms with Crippen LogP contribution in [0.2, 0.25) is 0 Å². The maximum atomic E-state index is 11.1. The quantitative estimate of drug-likeness (QED) is 0.569. The highest BCUT2D eigenvalue weighted by Gasteiger charge is 2.07. The second-order valence-corrected chi connectivity index (χ2v) is 3.96. The van der Waals surface area contributed by atoms with Crippen LogP contribution in [0.4, 0.5) is 0 Å². The van der Waals surface area contributed by atoms with Gasteiger partial charge in [-0.3, -0.25) is 0 Å². The standard InChI is InChI=1S/C9H10O2S2/c1-11-9(10)8-5-4-7(13-8)3-2-6-12/h4-6H,2-3H2,1H3. The number of carbonyl (C=O) groups excluding carboxylic acids is 1. The van der Waals surface area contributed by atoms with E-state index >= 15 is 0 Å². The summed E-state index contributed by atoms with van der Waals surface area (Å²) in [5, 5.41) is 1.71. The van der Waals surface area contributed by atoms with Crippen LogP contribution in [0.15, 0.2) is 12.1 Å². The molecule has 1 aromatic rings. The van der Waals surface area contributed by atoms with Gasteiger partial charge in [-0.25, -0.2) is 4.79 Å². The van der Waals surface area contributed by atoms with Crippen molar-refractivity contribution in [1.82, 2.24) is 0 Å². The fraction of sp³-hybridized carbons (Fsp3) is 0.333. The first-order valence-corrected chi connectivity index (χ1v) is 5.17. The molecule has 0 saturated carbocycles. The zero-order valence-corrected chi connectivity index (χ0v) is 8.91. The number of rotatable bonds is 4. The third kappa shape index (κ3) is 2.90. The fourth-order valence-corrected chi connectivity index (χ4v) is 1.98. The minimum absolute atomic E-state index is 0.265. The van der Waals surface area contributed by atoms with Gasteiger partial charge in [0.2, 0.25) is 0 Å². The molecule has 0 atom stereocenters. The lowest BCUT2D eigenvalue weighted by Crippen LogP contribution is -1.96. The predicted octanol–water partition coefficient (Wildman–Crippen LogP) is 2.47. The molecule has 0 unspecified atom stereocenters. The smallest absolute Gasteiger partial charge is 0.348 e. The third-order valence-corrected chi connectivity index (χ3v) is 2.92. The highest BCUT2D eigenvalue weighted by molar-refractivity contribution is 7.78. The molecule has 0 amide bonds. The lowest BCUT2D eigenvalue weighted by atomic mass is 10.3. The molecular formula is C9H10O2S2. The Morgan fingerprint density at radius 2 is 2.46 bits per heavy atom. The Labute approximate surface area is 86.5 Å². The molecule has 0 aliphatic carbocycles. The van der Waals surface area contributed by atoms with Crippen LogP contribution >= 0.6 is 23.6 Å². The highest BCUT2D eigenvalue weighted by Crippen LogP contribution is 2.18. The van der Waals surface area contributed by atoms with Crippen molar-refractivity contribution in [3.63, 3.8) is 0 Å². The third-order valence-electron chi connectivity index (χ3n) is 1.56. The minimum Gasteiger partial charge on any atom is -0.465 e. The maximum absolute atomic E-state index is 11.1. The van der Waals surface area contributed by atoms with Gasteiger partial charge in [-0.05, 0) is 30.3 Å².